The average Bonchev–Trinajstić information content (AvgIpc) is 3.33. The third-order valence-electron chi connectivity index (χ3n) is 9.88. The molecule has 5 heteroatoms. The Balaban J connectivity index is 1.31. The molecule has 1 spiro atoms. The molecule has 0 aromatic rings. The summed E-state index contributed by atoms with van der Waals surface area (Å²) in [6, 6.07) is 0. The minimum Gasteiger partial charge on any atom is -0.372 e. The Morgan fingerprint density at radius 3 is 2.03 bits per heavy atom. The molecule has 0 bridgehead atoms. The Morgan fingerprint density at radius 1 is 0.735 bits per heavy atom. The van der Waals surface area contributed by atoms with Crippen LogP contribution in [0.1, 0.15) is 100 Å². The van der Waals surface area contributed by atoms with Gasteiger partial charge in [0.1, 0.15) is 0 Å². The average molecular weight is 479 g/mol. The normalized spacial score (nSPS) is 51.5. The van der Waals surface area contributed by atoms with Crippen molar-refractivity contribution in [2.75, 3.05) is 0 Å². The van der Waals surface area contributed by atoms with Crippen LogP contribution in [0, 0.1) is 29.6 Å². The lowest BCUT2D eigenvalue weighted by molar-refractivity contribution is -0.368. The van der Waals surface area contributed by atoms with Gasteiger partial charge in [0.15, 0.2) is 5.79 Å². The van der Waals surface area contributed by atoms with E-state index < -0.39 is 5.79 Å². The van der Waals surface area contributed by atoms with Crippen molar-refractivity contribution >= 4 is 0 Å². The first-order valence-corrected chi connectivity index (χ1v) is 14.4. The van der Waals surface area contributed by atoms with E-state index in [9.17, 15) is 0 Å². The summed E-state index contributed by atoms with van der Waals surface area (Å²) < 4.78 is 33.9. The van der Waals surface area contributed by atoms with E-state index in [4.69, 9.17) is 23.7 Å². The Kier molecular flexibility index (Phi) is 6.94. The van der Waals surface area contributed by atoms with Gasteiger partial charge >= 0.3 is 0 Å². The molecule has 5 fully saturated rings. The molecular formula is C29H50O5. The van der Waals surface area contributed by atoms with E-state index in [0.717, 1.165) is 44.9 Å². The zero-order chi connectivity index (χ0) is 24.4. The van der Waals surface area contributed by atoms with Gasteiger partial charge < -0.3 is 23.7 Å². The molecule has 0 amide bonds. The summed E-state index contributed by atoms with van der Waals surface area (Å²) in [6.07, 6.45) is 8.19. The molecule has 0 aromatic heterocycles. The van der Waals surface area contributed by atoms with Gasteiger partial charge in [-0.05, 0) is 36.0 Å². The van der Waals surface area contributed by atoms with E-state index in [-0.39, 0.29) is 42.2 Å². The first-order valence-electron chi connectivity index (χ1n) is 14.4. The zero-order valence-electron chi connectivity index (χ0n) is 22.9. The number of hydrogen-bond donors (Lipinski definition) is 0. The Morgan fingerprint density at radius 2 is 1.38 bits per heavy atom. The van der Waals surface area contributed by atoms with Gasteiger partial charge in [-0.15, -0.1) is 0 Å². The number of hydrogen-bond acceptors (Lipinski definition) is 5. The molecule has 0 aliphatic carbocycles. The third kappa shape index (κ3) is 4.40. The lowest BCUT2D eigenvalue weighted by Gasteiger charge is -2.54. The van der Waals surface area contributed by atoms with Gasteiger partial charge in [-0.2, -0.15) is 0 Å². The van der Waals surface area contributed by atoms with Crippen LogP contribution in [0.4, 0.5) is 0 Å². The molecule has 0 radical (unpaired) electrons. The lowest BCUT2D eigenvalue weighted by atomic mass is 9.77. The molecule has 34 heavy (non-hydrogen) atoms. The van der Waals surface area contributed by atoms with Crippen LogP contribution in [0.3, 0.4) is 0 Å². The topological polar surface area (TPSA) is 46.2 Å². The van der Waals surface area contributed by atoms with Gasteiger partial charge in [0, 0.05) is 32.1 Å². The molecule has 5 nitrogen and oxygen atoms in total. The van der Waals surface area contributed by atoms with Crippen LogP contribution in [0.2, 0.25) is 0 Å². The second-order valence-electron chi connectivity index (χ2n) is 13.4. The molecule has 196 valence electrons. The third-order valence-corrected chi connectivity index (χ3v) is 9.88. The second-order valence-corrected chi connectivity index (χ2v) is 13.4. The summed E-state index contributed by atoms with van der Waals surface area (Å²) in [4.78, 5) is 0. The Bertz CT molecular complexity index is 725. The fourth-order valence-electron chi connectivity index (χ4n) is 7.94. The van der Waals surface area contributed by atoms with E-state index in [2.05, 4.69) is 55.4 Å². The first kappa shape index (κ1) is 25.4. The maximum absolute atomic E-state index is 6.96. The predicted octanol–water partition coefficient (Wildman–Crippen LogP) is 6.12. The van der Waals surface area contributed by atoms with Crippen LogP contribution >= 0.6 is 0 Å². The van der Waals surface area contributed by atoms with Crippen molar-refractivity contribution in [2.45, 2.75) is 154 Å². The summed E-state index contributed by atoms with van der Waals surface area (Å²) in [6.45, 7) is 18.5. The number of ether oxygens (including phenoxy) is 5. The van der Waals surface area contributed by atoms with Crippen molar-refractivity contribution in [3.05, 3.63) is 0 Å². The monoisotopic (exact) mass is 478 g/mol. The predicted molar refractivity (Wildman–Crippen MR) is 133 cm³/mol. The standard InChI is InChI=1S/C29H50O5/c1-9-18(6)21-10-23-22(30-21)11-24-26(31-23)19(7)13-29(32-24)14-20(8)27-25(33-29)15-28(34-27,17(4)5)12-16(2)3/h16-27H,9-15H2,1-8H3/t18-,19-,20-,21+,22+,23+,24-,25-,26-,27-,28-,29+/m0/s1. The van der Waals surface area contributed by atoms with E-state index in [1.807, 2.05) is 0 Å². The smallest absolute Gasteiger partial charge is 0.170 e. The molecule has 0 saturated carbocycles. The fraction of sp³-hybridized carbons (Fsp3) is 1.00. The molecule has 0 aromatic carbocycles. The van der Waals surface area contributed by atoms with Gasteiger partial charge in [-0.3, -0.25) is 0 Å². The van der Waals surface area contributed by atoms with Crippen LogP contribution in [0.5, 0.6) is 0 Å². The molecular weight excluding hydrogens is 428 g/mol. The van der Waals surface area contributed by atoms with Gasteiger partial charge in [0.2, 0.25) is 0 Å². The van der Waals surface area contributed by atoms with Crippen LogP contribution in [0.25, 0.3) is 0 Å². The maximum atomic E-state index is 6.96. The van der Waals surface area contributed by atoms with Crippen molar-refractivity contribution in [3.63, 3.8) is 0 Å². The summed E-state index contributed by atoms with van der Waals surface area (Å²) in [7, 11) is 0. The van der Waals surface area contributed by atoms with Gasteiger partial charge in [-0.25, -0.2) is 0 Å². The van der Waals surface area contributed by atoms with Crippen LogP contribution in [0.15, 0.2) is 0 Å². The molecule has 5 aliphatic rings. The minimum absolute atomic E-state index is 0.0530. The lowest BCUT2D eigenvalue weighted by Crippen LogP contribution is -2.62. The highest BCUT2D eigenvalue weighted by Gasteiger charge is 2.61. The van der Waals surface area contributed by atoms with Gasteiger partial charge in [-0.1, -0.05) is 61.8 Å². The Hall–Kier alpha value is -0.200. The van der Waals surface area contributed by atoms with E-state index >= 15 is 0 Å². The fourth-order valence-corrected chi connectivity index (χ4v) is 7.94. The first-order chi connectivity index (χ1) is 16.0. The molecule has 5 saturated heterocycles. The minimum atomic E-state index is -0.514. The summed E-state index contributed by atoms with van der Waals surface area (Å²) >= 11 is 0. The molecule has 0 unspecified atom stereocenters. The Labute approximate surface area is 207 Å². The van der Waals surface area contributed by atoms with Crippen LogP contribution in [-0.2, 0) is 23.7 Å². The summed E-state index contributed by atoms with van der Waals surface area (Å²) in [5.41, 5.74) is -0.0874. The highest BCUT2D eigenvalue weighted by atomic mass is 16.7. The van der Waals surface area contributed by atoms with Crippen molar-refractivity contribution in [1.82, 2.24) is 0 Å². The highest BCUT2D eigenvalue weighted by molar-refractivity contribution is 5.05. The van der Waals surface area contributed by atoms with Crippen LogP contribution < -0.4 is 0 Å². The van der Waals surface area contributed by atoms with Crippen molar-refractivity contribution in [3.8, 4) is 0 Å². The summed E-state index contributed by atoms with van der Waals surface area (Å²) in [5, 5.41) is 0. The van der Waals surface area contributed by atoms with Crippen molar-refractivity contribution in [2.24, 2.45) is 29.6 Å². The van der Waals surface area contributed by atoms with Crippen molar-refractivity contribution < 1.29 is 23.7 Å². The van der Waals surface area contributed by atoms with E-state index in [1.165, 1.54) is 0 Å². The van der Waals surface area contributed by atoms with Gasteiger partial charge in [0.05, 0.1) is 48.3 Å². The largest absolute Gasteiger partial charge is 0.372 e. The molecule has 5 heterocycles. The van der Waals surface area contributed by atoms with E-state index in [0.29, 0.717) is 35.7 Å². The van der Waals surface area contributed by atoms with Crippen molar-refractivity contribution in [1.29, 1.82) is 0 Å². The quantitative estimate of drug-likeness (QED) is 0.476. The second kappa shape index (κ2) is 9.28. The molecule has 0 N–H and O–H groups in total. The van der Waals surface area contributed by atoms with Gasteiger partial charge in [0.25, 0.3) is 0 Å². The highest BCUT2D eigenvalue weighted by Crippen LogP contribution is 2.54. The van der Waals surface area contributed by atoms with Crippen LogP contribution in [-0.4, -0.2) is 54.1 Å². The molecule has 5 rings (SSSR count). The zero-order valence-corrected chi connectivity index (χ0v) is 22.9. The SMILES string of the molecule is CC[C@H](C)[C@H]1C[C@H]2O[C@@H]3[C@H](C[C@H]2O1)O[C@@]1(C[C@@H]3C)C[C@H](C)[C@@H]2O[C@](CC(C)C)(C(C)C)C[C@@H]2O1. The van der Waals surface area contributed by atoms with E-state index in [1.54, 1.807) is 0 Å². The summed E-state index contributed by atoms with van der Waals surface area (Å²) in [5.74, 6) is 1.99. The number of rotatable bonds is 5. The number of fused-ring (bicyclic) bond motifs is 3. The maximum Gasteiger partial charge on any atom is 0.170 e. The molecule has 12 atom stereocenters. The molecule has 5 aliphatic heterocycles.